The summed E-state index contributed by atoms with van der Waals surface area (Å²) in [6, 6.07) is 6.69. The molecule has 2 aromatic heterocycles. The maximum absolute atomic E-state index is 14.3. The van der Waals surface area contributed by atoms with Crippen LogP contribution < -0.4 is 15.2 Å². The summed E-state index contributed by atoms with van der Waals surface area (Å²) in [6.45, 7) is 0.382. The molecule has 148 valence electrons. The molecule has 4 rings (SSSR count). The number of halogens is 1. The number of rotatable bonds is 4. The van der Waals surface area contributed by atoms with Crippen LogP contribution in [0.2, 0.25) is 0 Å². The van der Waals surface area contributed by atoms with E-state index in [2.05, 4.69) is 9.71 Å². The molecule has 3 heterocycles. The number of pyridine rings is 1. The van der Waals surface area contributed by atoms with Crippen molar-refractivity contribution in [2.24, 2.45) is 0 Å². The van der Waals surface area contributed by atoms with Crippen LogP contribution in [0.4, 0.5) is 15.1 Å². The van der Waals surface area contributed by atoms with Crippen molar-refractivity contribution in [1.29, 1.82) is 0 Å². The highest BCUT2D eigenvalue weighted by molar-refractivity contribution is 7.94. The molecule has 0 unspecified atom stereocenters. The van der Waals surface area contributed by atoms with Crippen LogP contribution in [-0.2, 0) is 10.0 Å². The van der Waals surface area contributed by atoms with E-state index in [0.717, 1.165) is 23.5 Å². The molecule has 0 saturated carbocycles. The Morgan fingerprint density at radius 3 is 2.61 bits per heavy atom. The van der Waals surface area contributed by atoms with Crippen molar-refractivity contribution >= 4 is 42.8 Å². The highest BCUT2D eigenvalue weighted by Crippen LogP contribution is 2.33. The number of fused-ring (bicyclic) bond motifs is 1. The van der Waals surface area contributed by atoms with Crippen LogP contribution >= 0.6 is 11.3 Å². The first-order chi connectivity index (χ1) is 13.2. The standard InChI is InChI=1S/C17H16FN3O5S2/c18-11-5-9-3-4-19-17(24)10(9)6-12(11)20-28(25,26)16-2-1-15(27-16)21-7-13(22)14(23)8-21/h1-6,13-14,20,22-23H,7-8H2,(H,19,24)/t13-,14-/m0/s1. The fourth-order valence-electron chi connectivity index (χ4n) is 3.06. The normalized spacial score (nSPS) is 20.0. The molecule has 2 atom stereocenters. The molecule has 1 aromatic carbocycles. The molecule has 3 aromatic rings. The highest BCUT2D eigenvalue weighted by atomic mass is 32.2. The Morgan fingerprint density at radius 2 is 1.89 bits per heavy atom. The monoisotopic (exact) mass is 425 g/mol. The van der Waals surface area contributed by atoms with E-state index in [4.69, 9.17) is 0 Å². The van der Waals surface area contributed by atoms with Gasteiger partial charge in [-0.15, -0.1) is 11.3 Å². The summed E-state index contributed by atoms with van der Waals surface area (Å²) in [5.74, 6) is -0.802. The van der Waals surface area contributed by atoms with Crippen molar-refractivity contribution in [2.45, 2.75) is 16.4 Å². The van der Waals surface area contributed by atoms with Gasteiger partial charge in [-0.05, 0) is 35.7 Å². The quantitative estimate of drug-likeness (QED) is 0.496. The van der Waals surface area contributed by atoms with Gasteiger partial charge < -0.3 is 20.1 Å². The van der Waals surface area contributed by atoms with Gasteiger partial charge in [-0.25, -0.2) is 12.8 Å². The molecule has 0 spiro atoms. The molecule has 1 aliphatic rings. The maximum atomic E-state index is 14.3. The first kappa shape index (κ1) is 18.9. The maximum Gasteiger partial charge on any atom is 0.271 e. The number of anilines is 2. The fourth-order valence-corrected chi connectivity index (χ4v) is 5.43. The van der Waals surface area contributed by atoms with E-state index in [9.17, 15) is 27.8 Å². The lowest BCUT2D eigenvalue weighted by atomic mass is 10.1. The molecule has 28 heavy (non-hydrogen) atoms. The number of aliphatic hydroxyl groups excluding tert-OH is 2. The molecule has 0 aliphatic carbocycles. The smallest absolute Gasteiger partial charge is 0.271 e. The number of H-pyrrole nitrogens is 1. The number of aliphatic hydroxyl groups is 2. The third kappa shape index (κ3) is 3.37. The Kier molecular flexibility index (Phi) is 4.62. The topological polar surface area (TPSA) is 123 Å². The number of β-amino-alcohol motifs (C(OH)–C–C–N with tert-alkyl or cyclic N) is 2. The average Bonchev–Trinajstić information content (AvgIpc) is 3.24. The lowest BCUT2D eigenvalue weighted by Gasteiger charge is -2.14. The van der Waals surface area contributed by atoms with Crippen molar-refractivity contribution in [3.8, 4) is 0 Å². The number of thiophene rings is 1. The predicted molar refractivity (Wildman–Crippen MR) is 104 cm³/mol. The molecule has 0 amide bonds. The summed E-state index contributed by atoms with van der Waals surface area (Å²) in [6.07, 6.45) is -0.414. The van der Waals surface area contributed by atoms with Gasteiger partial charge in [0, 0.05) is 24.7 Å². The first-order valence-electron chi connectivity index (χ1n) is 8.29. The van der Waals surface area contributed by atoms with Gasteiger partial charge in [0.25, 0.3) is 15.6 Å². The number of sulfonamides is 1. The molecule has 8 nitrogen and oxygen atoms in total. The molecule has 0 radical (unpaired) electrons. The first-order valence-corrected chi connectivity index (χ1v) is 10.6. The van der Waals surface area contributed by atoms with Crippen molar-refractivity contribution < 1.29 is 23.0 Å². The predicted octanol–water partition coefficient (Wildman–Crippen LogP) is 1.07. The van der Waals surface area contributed by atoms with Gasteiger partial charge in [-0.3, -0.25) is 9.52 Å². The summed E-state index contributed by atoms with van der Waals surface area (Å²) in [4.78, 5) is 16.0. The van der Waals surface area contributed by atoms with Crippen molar-refractivity contribution in [3.63, 3.8) is 0 Å². The summed E-state index contributed by atoms with van der Waals surface area (Å²) in [5.41, 5.74) is -0.784. The summed E-state index contributed by atoms with van der Waals surface area (Å²) in [5, 5.41) is 20.4. The number of hydrogen-bond acceptors (Lipinski definition) is 7. The Bertz CT molecular complexity index is 1200. The molecular formula is C17H16FN3O5S2. The van der Waals surface area contributed by atoms with Crippen LogP contribution in [0.3, 0.4) is 0 Å². The number of aromatic nitrogens is 1. The van der Waals surface area contributed by atoms with Crippen LogP contribution in [-0.4, -0.2) is 48.9 Å². The lowest BCUT2D eigenvalue weighted by Crippen LogP contribution is -2.22. The van der Waals surface area contributed by atoms with E-state index in [1.165, 1.54) is 18.3 Å². The molecular weight excluding hydrogens is 409 g/mol. The van der Waals surface area contributed by atoms with Crippen LogP contribution in [0.5, 0.6) is 0 Å². The number of nitrogens with zero attached hydrogens (tertiary/aromatic N) is 1. The van der Waals surface area contributed by atoms with Crippen molar-refractivity contribution in [1.82, 2.24) is 4.98 Å². The molecule has 1 aliphatic heterocycles. The van der Waals surface area contributed by atoms with Crippen LogP contribution in [0.25, 0.3) is 10.8 Å². The third-order valence-corrected chi connectivity index (χ3v) is 7.51. The Labute approximate surface area is 162 Å². The zero-order chi connectivity index (χ0) is 20.1. The zero-order valence-electron chi connectivity index (χ0n) is 14.3. The molecule has 0 bridgehead atoms. The van der Waals surface area contributed by atoms with E-state index in [0.29, 0.717) is 10.4 Å². The number of nitrogens with one attached hydrogen (secondary N) is 2. The minimum atomic E-state index is -4.09. The molecule has 1 saturated heterocycles. The summed E-state index contributed by atoms with van der Waals surface area (Å²) >= 11 is 0.936. The third-order valence-electron chi connectivity index (χ3n) is 4.51. The van der Waals surface area contributed by atoms with E-state index in [-0.39, 0.29) is 28.4 Å². The summed E-state index contributed by atoms with van der Waals surface area (Å²) in [7, 11) is -4.09. The second-order valence-electron chi connectivity index (χ2n) is 6.46. The molecule has 11 heteroatoms. The van der Waals surface area contributed by atoms with Gasteiger partial charge in [0.2, 0.25) is 0 Å². The average molecular weight is 425 g/mol. The molecule has 1 fully saturated rings. The van der Waals surface area contributed by atoms with Crippen LogP contribution in [0, 0.1) is 5.82 Å². The van der Waals surface area contributed by atoms with Crippen LogP contribution in [0.15, 0.2) is 45.5 Å². The second-order valence-corrected chi connectivity index (χ2v) is 9.44. The molecule has 4 N–H and O–H groups in total. The highest BCUT2D eigenvalue weighted by Gasteiger charge is 2.31. The van der Waals surface area contributed by atoms with Gasteiger partial charge in [0.15, 0.2) is 0 Å². The zero-order valence-corrected chi connectivity index (χ0v) is 15.9. The number of aromatic amines is 1. The Morgan fingerprint density at radius 1 is 1.18 bits per heavy atom. The van der Waals surface area contributed by atoms with Gasteiger partial charge >= 0.3 is 0 Å². The van der Waals surface area contributed by atoms with E-state index < -0.39 is 33.6 Å². The van der Waals surface area contributed by atoms with Gasteiger partial charge in [-0.1, -0.05) is 0 Å². The minimum Gasteiger partial charge on any atom is -0.389 e. The largest absolute Gasteiger partial charge is 0.389 e. The second kappa shape index (κ2) is 6.85. The Balaban J connectivity index is 1.63. The fraction of sp³-hybridized carbons (Fsp3) is 0.235. The minimum absolute atomic E-state index is 0.0557. The Hall–Kier alpha value is -2.47. The summed E-state index contributed by atoms with van der Waals surface area (Å²) < 4.78 is 41.8. The van der Waals surface area contributed by atoms with Gasteiger partial charge in [-0.2, -0.15) is 0 Å². The van der Waals surface area contributed by atoms with E-state index >= 15 is 0 Å². The van der Waals surface area contributed by atoms with Crippen molar-refractivity contribution in [2.75, 3.05) is 22.7 Å². The number of benzene rings is 1. The lowest BCUT2D eigenvalue weighted by molar-refractivity contribution is 0.0572. The van der Waals surface area contributed by atoms with E-state index in [1.807, 2.05) is 0 Å². The van der Waals surface area contributed by atoms with Gasteiger partial charge in [0.1, 0.15) is 10.0 Å². The number of hydrogen-bond donors (Lipinski definition) is 4. The van der Waals surface area contributed by atoms with Gasteiger partial charge in [0.05, 0.1) is 22.9 Å². The van der Waals surface area contributed by atoms with E-state index in [1.54, 1.807) is 11.0 Å². The SMILES string of the molecule is O=c1[nH]ccc2cc(F)c(NS(=O)(=O)c3ccc(N4C[C@H](O)[C@@H](O)C4)s3)cc12. The van der Waals surface area contributed by atoms with Crippen molar-refractivity contribution in [3.05, 3.63) is 52.7 Å². The van der Waals surface area contributed by atoms with Crippen LogP contribution in [0.1, 0.15) is 0 Å².